The van der Waals surface area contributed by atoms with Crippen molar-refractivity contribution in [1.29, 1.82) is 0 Å². The summed E-state index contributed by atoms with van der Waals surface area (Å²) in [7, 11) is 0. The van der Waals surface area contributed by atoms with Crippen molar-refractivity contribution in [2.24, 2.45) is 0 Å². The lowest BCUT2D eigenvalue weighted by atomic mass is 10.0. The normalized spacial score (nSPS) is 11.3. The van der Waals surface area contributed by atoms with E-state index in [1.807, 2.05) is 0 Å². The summed E-state index contributed by atoms with van der Waals surface area (Å²) in [4.78, 5) is 0. The van der Waals surface area contributed by atoms with E-state index < -0.39 is 0 Å². The highest BCUT2D eigenvalue weighted by atomic mass is 14.9. The molecule has 0 unspecified atom stereocenters. The average molecular weight is 417 g/mol. The van der Waals surface area contributed by atoms with Gasteiger partial charge >= 0.3 is 0 Å². The third kappa shape index (κ3) is 16.9. The number of hydrogen-bond donors (Lipinski definition) is 0. The molecular formula is C29H54N+. The summed E-state index contributed by atoms with van der Waals surface area (Å²) >= 11 is 0. The number of pyridine rings is 1. The van der Waals surface area contributed by atoms with Gasteiger partial charge < -0.3 is 0 Å². The molecule has 0 N–H and O–H groups in total. The molecule has 0 aromatic carbocycles. The smallest absolute Gasteiger partial charge is 0.171 e. The zero-order valence-corrected chi connectivity index (χ0v) is 20.8. The van der Waals surface area contributed by atoms with Crippen molar-refractivity contribution in [3.8, 4) is 0 Å². The van der Waals surface area contributed by atoms with E-state index in [4.69, 9.17) is 0 Å². The first-order valence-electron chi connectivity index (χ1n) is 13.8. The van der Waals surface area contributed by atoms with Gasteiger partial charge in [0.1, 0.15) is 6.54 Å². The van der Waals surface area contributed by atoms with Crippen LogP contribution in [0.1, 0.15) is 148 Å². The highest BCUT2D eigenvalue weighted by Crippen LogP contribution is 2.14. The van der Waals surface area contributed by atoms with Crippen molar-refractivity contribution < 1.29 is 4.57 Å². The molecule has 0 aliphatic heterocycles. The summed E-state index contributed by atoms with van der Waals surface area (Å²) in [5, 5.41) is 0. The minimum Gasteiger partial charge on any atom is -0.205 e. The predicted molar refractivity (Wildman–Crippen MR) is 134 cm³/mol. The highest BCUT2D eigenvalue weighted by molar-refractivity contribution is 5.05. The molecular weight excluding hydrogens is 362 g/mol. The maximum absolute atomic E-state index is 2.40. The minimum atomic E-state index is 1.19. The lowest BCUT2D eigenvalue weighted by molar-refractivity contribution is -0.697. The lowest BCUT2D eigenvalue weighted by Gasteiger charge is -2.04. The van der Waals surface area contributed by atoms with E-state index in [0.29, 0.717) is 0 Å². The molecule has 0 aliphatic rings. The van der Waals surface area contributed by atoms with Gasteiger partial charge in [-0.2, -0.15) is 0 Å². The molecule has 1 rings (SSSR count). The maximum Gasteiger partial charge on any atom is 0.171 e. The van der Waals surface area contributed by atoms with E-state index in [9.17, 15) is 0 Å². The monoisotopic (exact) mass is 416 g/mol. The van der Waals surface area contributed by atoms with Crippen LogP contribution in [0.4, 0.5) is 0 Å². The topological polar surface area (TPSA) is 3.88 Å². The maximum atomic E-state index is 2.40. The quantitative estimate of drug-likeness (QED) is 0.131. The van der Waals surface area contributed by atoms with Crippen LogP contribution in [0.3, 0.4) is 0 Å². The molecule has 0 amide bonds. The molecule has 30 heavy (non-hydrogen) atoms. The Kier molecular flexibility index (Phi) is 19.4. The van der Waals surface area contributed by atoms with Crippen LogP contribution >= 0.6 is 0 Å². The lowest BCUT2D eigenvalue weighted by Crippen LogP contribution is -2.33. The third-order valence-corrected chi connectivity index (χ3v) is 6.51. The summed E-state index contributed by atoms with van der Waals surface area (Å²) in [5.74, 6) is 0. The van der Waals surface area contributed by atoms with Crippen LogP contribution in [0.2, 0.25) is 0 Å². The van der Waals surface area contributed by atoms with Crippen LogP contribution in [0, 0.1) is 0 Å². The Labute approximate surface area is 190 Å². The number of rotatable bonds is 22. The second kappa shape index (κ2) is 21.4. The Morgan fingerprint density at radius 1 is 0.533 bits per heavy atom. The highest BCUT2D eigenvalue weighted by Gasteiger charge is 2.03. The molecule has 0 radical (unpaired) electrons. The summed E-state index contributed by atoms with van der Waals surface area (Å²) in [6.07, 6.45) is 34.4. The summed E-state index contributed by atoms with van der Waals surface area (Å²) in [6, 6.07) is 4.55. The van der Waals surface area contributed by atoms with E-state index in [0.717, 1.165) is 0 Å². The van der Waals surface area contributed by atoms with Gasteiger partial charge in [0.05, 0.1) is 0 Å². The molecule has 0 fully saturated rings. The molecule has 0 aliphatic carbocycles. The van der Waals surface area contributed by atoms with Crippen molar-refractivity contribution in [3.05, 3.63) is 30.1 Å². The number of aryl methyl sites for hydroxylation is 2. The second-order valence-corrected chi connectivity index (χ2v) is 9.56. The predicted octanol–water partition coefficient (Wildman–Crippen LogP) is 9.36. The molecule has 0 saturated heterocycles. The van der Waals surface area contributed by atoms with Crippen molar-refractivity contribution in [2.45, 2.75) is 155 Å². The minimum absolute atomic E-state index is 1.19. The van der Waals surface area contributed by atoms with Crippen LogP contribution < -0.4 is 4.57 Å². The first-order chi connectivity index (χ1) is 14.9. The van der Waals surface area contributed by atoms with E-state index in [2.05, 4.69) is 42.9 Å². The van der Waals surface area contributed by atoms with Crippen molar-refractivity contribution >= 4 is 0 Å². The fourth-order valence-corrected chi connectivity index (χ4v) is 4.46. The number of unbranched alkanes of at least 4 members (excludes halogenated alkanes) is 18. The summed E-state index contributed by atoms with van der Waals surface area (Å²) in [6.45, 7) is 5.77. The van der Waals surface area contributed by atoms with Gasteiger partial charge in [0.25, 0.3) is 0 Å². The van der Waals surface area contributed by atoms with E-state index >= 15 is 0 Å². The fourth-order valence-electron chi connectivity index (χ4n) is 4.46. The van der Waals surface area contributed by atoms with Crippen molar-refractivity contribution in [1.82, 2.24) is 0 Å². The van der Waals surface area contributed by atoms with Gasteiger partial charge in [-0.25, -0.2) is 4.57 Å². The standard InChI is InChI=1S/C29H54N/c1-3-5-7-9-10-11-12-13-14-15-16-17-18-19-20-21-24-29-25-23-27-30(28-29)26-22-8-6-4-2/h23,25,27-28H,3-22,24,26H2,1-2H3/q+1. The number of aromatic nitrogens is 1. The fraction of sp³-hybridized carbons (Fsp3) is 0.828. The van der Waals surface area contributed by atoms with Crippen LogP contribution in [0.25, 0.3) is 0 Å². The van der Waals surface area contributed by atoms with E-state index in [1.54, 1.807) is 0 Å². The molecule has 1 aromatic heterocycles. The number of nitrogens with zero attached hydrogens (tertiary/aromatic N) is 1. The van der Waals surface area contributed by atoms with Gasteiger partial charge in [-0.3, -0.25) is 0 Å². The number of hydrogen-bond acceptors (Lipinski definition) is 0. The van der Waals surface area contributed by atoms with E-state index in [-0.39, 0.29) is 0 Å². The van der Waals surface area contributed by atoms with E-state index in [1.165, 1.54) is 147 Å². The molecule has 174 valence electrons. The van der Waals surface area contributed by atoms with Gasteiger partial charge in [0.2, 0.25) is 0 Å². The van der Waals surface area contributed by atoms with Crippen LogP contribution in [-0.2, 0) is 13.0 Å². The Balaban J connectivity index is 1.86. The molecule has 1 heteroatoms. The van der Waals surface area contributed by atoms with Crippen molar-refractivity contribution in [3.63, 3.8) is 0 Å². The Morgan fingerprint density at radius 2 is 0.967 bits per heavy atom. The van der Waals surface area contributed by atoms with Crippen molar-refractivity contribution in [2.75, 3.05) is 0 Å². The Bertz CT molecular complexity index is 467. The molecule has 0 bridgehead atoms. The molecule has 1 nitrogen and oxygen atoms in total. The van der Waals surface area contributed by atoms with Crippen LogP contribution in [0.5, 0.6) is 0 Å². The first kappa shape index (κ1) is 27.2. The first-order valence-corrected chi connectivity index (χ1v) is 13.8. The van der Waals surface area contributed by atoms with Gasteiger partial charge in [0.15, 0.2) is 12.4 Å². The zero-order valence-electron chi connectivity index (χ0n) is 20.8. The SMILES string of the molecule is CCCCCCCCCCCCCCCCCCc1ccc[n+](CCCCCC)c1. The second-order valence-electron chi connectivity index (χ2n) is 9.56. The zero-order chi connectivity index (χ0) is 21.5. The van der Waals surface area contributed by atoms with Gasteiger partial charge in [0, 0.05) is 18.1 Å². The van der Waals surface area contributed by atoms with Gasteiger partial charge in [-0.05, 0) is 25.3 Å². The van der Waals surface area contributed by atoms with Gasteiger partial charge in [-0.1, -0.05) is 123 Å². The Hall–Kier alpha value is -0.850. The average Bonchev–Trinajstić information content (AvgIpc) is 2.77. The van der Waals surface area contributed by atoms with Crippen LogP contribution in [0.15, 0.2) is 24.5 Å². The summed E-state index contributed by atoms with van der Waals surface area (Å²) < 4.78 is 2.40. The van der Waals surface area contributed by atoms with Crippen LogP contribution in [-0.4, -0.2) is 0 Å². The summed E-state index contributed by atoms with van der Waals surface area (Å²) in [5.41, 5.74) is 1.53. The van der Waals surface area contributed by atoms with Gasteiger partial charge in [-0.15, -0.1) is 0 Å². The third-order valence-electron chi connectivity index (χ3n) is 6.51. The molecule has 0 spiro atoms. The molecule has 0 saturated carbocycles. The molecule has 1 heterocycles. The largest absolute Gasteiger partial charge is 0.205 e. The molecule has 1 aromatic rings. The molecule has 0 atom stereocenters. The Morgan fingerprint density at radius 3 is 1.47 bits per heavy atom.